The van der Waals surface area contributed by atoms with Crippen molar-refractivity contribution in [2.75, 3.05) is 35.7 Å². The van der Waals surface area contributed by atoms with E-state index in [2.05, 4.69) is 21.3 Å². The summed E-state index contributed by atoms with van der Waals surface area (Å²) >= 11 is 26.7. The second kappa shape index (κ2) is 17.6. The molecule has 178 valence electrons. The molecule has 4 nitrogen and oxygen atoms in total. The average molecular weight is 583 g/mol. The Kier molecular flexibility index (Phi) is 16.6. The van der Waals surface area contributed by atoms with Crippen molar-refractivity contribution in [3.8, 4) is 0 Å². The molecule has 0 bridgehead atoms. The second-order valence-electron chi connectivity index (χ2n) is 6.63. The summed E-state index contributed by atoms with van der Waals surface area (Å²) in [4.78, 5) is 0. The van der Waals surface area contributed by atoms with Gasteiger partial charge in [0.05, 0.1) is 0 Å². The highest BCUT2D eigenvalue weighted by Gasteiger charge is 2.21. The van der Waals surface area contributed by atoms with E-state index in [-0.39, 0.29) is 0 Å². The van der Waals surface area contributed by atoms with Gasteiger partial charge in [0.15, 0.2) is 0 Å². The third-order valence-electron chi connectivity index (χ3n) is 4.49. The summed E-state index contributed by atoms with van der Waals surface area (Å²) in [7, 11) is 0. The fourth-order valence-corrected chi connectivity index (χ4v) is 4.39. The molecular formula is C20H30N4S8. The molecule has 12 heteroatoms. The number of hydrogen-bond donors (Lipinski definition) is 4. The molecule has 0 aliphatic heterocycles. The first-order valence-corrected chi connectivity index (χ1v) is 16.3. The molecule has 1 aliphatic carbocycles. The molecule has 0 heterocycles. The SMILES string of the molecule is CSC(=S)NC1CCC(NC(=S)SC)CC1.CSC(=S)Nc1ccc(NC(=S)SC)cc1. The average Bonchev–Trinajstić information content (AvgIpc) is 2.81. The van der Waals surface area contributed by atoms with Crippen LogP contribution >= 0.6 is 95.9 Å². The highest BCUT2D eigenvalue weighted by Crippen LogP contribution is 2.20. The molecule has 1 aromatic carbocycles. The first-order valence-electron chi connectivity index (χ1n) is 9.80. The van der Waals surface area contributed by atoms with E-state index in [0.29, 0.717) is 12.1 Å². The molecule has 1 aliphatic rings. The van der Waals surface area contributed by atoms with Gasteiger partial charge in [0, 0.05) is 23.5 Å². The van der Waals surface area contributed by atoms with Crippen molar-refractivity contribution in [1.82, 2.24) is 10.6 Å². The van der Waals surface area contributed by atoms with E-state index >= 15 is 0 Å². The van der Waals surface area contributed by atoms with Gasteiger partial charge in [-0.15, -0.1) is 47.0 Å². The third-order valence-corrected chi connectivity index (χ3v) is 8.85. The van der Waals surface area contributed by atoms with Gasteiger partial charge >= 0.3 is 0 Å². The van der Waals surface area contributed by atoms with Crippen LogP contribution in [0.1, 0.15) is 25.7 Å². The van der Waals surface area contributed by atoms with Crippen molar-refractivity contribution >= 4 is 125 Å². The van der Waals surface area contributed by atoms with E-state index in [4.69, 9.17) is 48.9 Å². The maximum absolute atomic E-state index is 5.17. The summed E-state index contributed by atoms with van der Waals surface area (Å²) in [5, 5.41) is 13.0. The molecule has 1 saturated carbocycles. The van der Waals surface area contributed by atoms with Crippen molar-refractivity contribution in [2.45, 2.75) is 37.8 Å². The van der Waals surface area contributed by atoms with Gasteiger partial charge in [-0.25, -0.2) is 0 Å². The van der Waals surface area contributed by atoms with Gasteiger partial charge in [-0.1, -0.05) is 48.9 Å². The molecule has 32 heavy (non-hydrogen) atoms. The van der Waals surface area contributed by atoms with E-state index in [1.54, 1.807) is 23.5 Å². The topological polar surface area (TPSA) is 48.1 Å². The van der Waals surface area contributed by atoms with Gasteiger partial charge in [-0.2, -0.15) is 0 Å². The van der Waals surface area contributed by atoms with E-state index in [1.807, 2.05) is 49.3 Å². The first kappa shape index (κ1) is 30.2. The van der Waals surface area contributed by atoms with Crippen molar-refractivity contribution in [3.63, 3.8) is 0 Å². The number of rotatable bonds is 4. The van der Waals surface area contributed by atoms with E-state index in [1.165, 1.54) is 49.2 Å². The second-order valence-corrected chi connectivity index (χ2v) is 12.6. The van der Waals surface area contributed by atoms with Crippen LogP contribution in [0, 0.1) is 0 Å². The van der Waals surface area contributed by atoms with Crippen molar-refractivity contribution < 1.29 is 0 Å². The lowest BCUT2D eigenvalue weighted by atomic mass is 9.91. The number of hydrogen-bond acceptors (Lipinski definition) is 8. The lowest BCUT2D eigenvalue weighted by Crippen LogP contribution is -2.41. The van der Waals surface area contributed by atoms with Gasteiger partial charge in [0.1, 0.15) is 17.3 Å². The Hall–Kier alpha value is 0.180. The maximum Gasteiger partial charge on any atom is 0.137 e. The summed E-state index contributed by atoms with van der Waals surface area (Å²) in [5.74, 6) is 0. The smallest absolute Gasteiger partial charge is 0.137 e. The zero-order valence-electron chi connectivity index (χ0n) is 18.6. The fraction of sp³-hybridized carbons (Fsp3) is 0.500. The molecule has 0 aromatic heterocycles. The number of thioether (sulfide) groups is 4. The zero-order chi connectivity index (χ0) is 23.9. The van der Waals surface area contributed by atoms with Crippen LogP contribution in [-0.2, 0) is 0 Å². The maximum atomic E-state index is 5.17. The molecule has 4 N–H and O–H groups in total. The quantitative estimate of drug-likeness (QED) is 0.290. The van der Waals surface area contributed by atoms with Crippen LogP contribution in [0.4, 0.5) is 11.4 Å². The Balaban J connectivity index is 0.000000320. The lowest BCUT2D eigenvalue weighted by Gasteiger charge is -2.30. The van der Waals surface area contributed by atoms with E-state index in [9.17, 15) is 0 Å². The number of benzene rings is 1. The standard InChI is InChI=1S/C10H18N2S4.C10H12N2S4/c2*1-15-9(13)11-7-3-5-8(6-4-7)12-10(14)16-2/h7-8H,3-6H2,1-2H3,(H,11,13)(H,12,14);3-6H,1-2H3,(H,11,13)(H,12,14). The van der Waals surface area contributed by atoms with Gasteiger partial charge in [-0.3, -0.25) is 0 Å². The molecule has 0 spiro atoms. The fourth-order valence-electron chi connectivity index (χ4n) is 2.81. The van der Waals surface area contributed by atoms with Crippen LogP contribution in [0.15, 0.2) is 24.3 Å². The van der Waals surface area contributed by atoms with Crippen LogP contribution in [0.3, 0.4) is 0 Å². The van der Waals surface area contributed by atoms with Crippen molar-refractivity contribution in [2.24, 2.45) is 0 Å². The molecule has 0 radical (unpaired) electrons. The molecule has 0 amide bonds. The van der Waals surface area contributed by atoms with Gasteiger partial charge < -0.3 is 21.3 Å². The molecule has 1 aromatic rings. The lowest BCUT2D eigenvalue weighted by molar-refractivity contribution is 0.358. The van der Waals surface area contributed by atoms with Crippen LogP contribution in [0.2, 0.25) is 0 Å². The minimum Gasteiger partial charge on any atom is -0.368 e. The third kappa shape index (κ3) is 13.2. The molecule has 0 unspecified atom stereocenters. The Bertz CT molecular complexity index is 685. The molecule has 0 atom stereocenters. The largest absolute Gasteiger partial charge is 0.368 e. The first-order chi connectivity index (χ1) is 15.3. The number of thiocarbonyl (C=S) groups is 4. The highest BCUT2D eigenvalue weighted by atomic mass is 32.2. The predicted octanol–water partition coefficient (Wildman–Crippen LogP) is 6.58. The van der Waals surface area contributed by atoms with Crippen LogP contribution in [-0.4, -0.2) is 54.4 Å². The normalized spacial score (nSPS) is 17.2. The van der Waals surface area contributed by atoms with Crippen molar-refractivity contribution in [3.05, 3.63) is 24.3 Å². The summed E-state index contributed by atoms with van der Waals surface area (Å²) in [5.41, 5.74) is 1.97. The molecule has 1 fully saturated rings. The summed E-state index contributed by atoms with van der Waals surface area (Å²) in [6.07, 6.45) is 12.6. The number of nitrogens with one attached hydrogen (secondary N) is 4. The van der Waals surface area contributed by atoms with Gasteiger partial charge in [-0.05, 0) is 75.0 Å². The Labute approximate surface area is 231 Å². The highest BCUT2D eigenvalue weighted by molar-refractivity contribution is 8.23. The van der Waals surface area contributed by atoms with Crippen LogP contribution < -0.4 is 21.3 Å². The van der Waals surface area contributed by atoms with E-state index < -0.39 is 0 Å². The summed E-state index contributed by atoms with van der Waals surface area (Å²) < 4.78 is 3.35. The number of anilines is 2. The Morgan fingerprint density at radius 2 is 0.875 bits per heavy atom. The molecular weight excluding hydrogens is 553 g/mol. The van der Waals surface area contributed by atoms with Crippen LogP contribution in [0.25, 0.3) is 0 Å². The van der Waals surface area contributed by atoms with Gasteiger partial charge in [0.2, 0.25) is 0 Å². The van der Waals surface area contributed by atoms with E-state index in [0.717, 1.165) is 28.7 Å². The monoisotopic (exact) mass is 582 g/mol. The Morgan fingerprint density at radius 1 is 0.594 bits per heavy atom. The minimum atomic E-state index is 0.556. The minimum absolute atomic E-state index is 0.556. The summed E-state index contributed by atoms with van der Waals surface area (Å²) in [6.45, 7) is 0. The summed E-state index contributed by atoms with van der Waals surface area (Å²) in [6, 6.07) is 8.98. The molecule has 0 saturated heterocycles. The zero-order valence-corrected chi connectivity index (χ0v) is 25.1. The van der Waals surface area contributed by atoms with Gasteiger partial charge in [0.25, 0.3) is 0 Å². The van der Waals surface area contributed by atoms with Crippen molar-refractivity contribution in [1.29, 1.82) is 0 Å². The predicted molar refractivity (Wildman–Crippen MR) is 170 cm³/mol. The van der Waals surface area contributed by atoms with Crippen LogP contribution in [0.5, 0.6) is 0 Å². The molecule has 2 rings (SSSR count). The Morgan fingerprint density at radius 3 is 1.12 bits per heavy atom.